The van der Waals surface area contributed by atoms with E-state index in [1.54, 1.807) is 25.7 Å². The molecule has 39 heavy (non-hydrogen) atoms. The SMILES string of the molecule is CC(C)(C)OC(=O)N1CCN(Cc2ccc(F)c(F)c2)C(=O)C1.O=C1CNCCN1Cc1ccc(F)c(F)c1. The Labute approximate surface area is 224 Å². The van der Waals surface area contributed by atoms with Crippen LogP contribution in [0.2, 0.25) is 0 Å². The molecule has 2 aromatic carbocycles. The second-order valence-electron chi connectivity index (χ2n) is 10.2. The van der Waals surface area contributed by atoms with Crippen molar-refractivity contribution in [2.45, 2.75) is 39.5 Å². The van der Waals surface area contributed by atoms with Crippen LogP contribution in [0, 0.1) is 23.3 Å². The van der Waals surface area contributed by atoms with Crippen LogP contribution in [-0.2, 0) is 27.4 Å². The van der Waals surface area contributed by atoms with Crippen molar-refractivity contribution >= 4 is 17.9 Å². The highest BCUT2D eigenvalue weighted by Crippen LogP contribution is 2.16. The Balaban J connectivity index is 0.000000230. The first-order valence-corrected chi connectivity index (χ1v) is 12.4. The number of halogens is 4. The van der Waals surface area contributed by atoms with Gasteiger partial charge in [-0.25, -0.2) is 22.4 Å². The number of rotatable bonds is 4. The van der Waals surface area contributed by atoms with Gasteiger partial charge in [0.1, 0.15) is 12.1 Å². The maximum Gasteiger partial charge on any atom is 0.410 e. The molecule has 8 nitrogen and oxygen atoms in total. The van der Waals surface area contributed by atoms with E-state index < -0.39 is 35.0 Å². The van der Waals surface area contributed by atoms with Gasteiger partial charge in [-0.05, 0) is 56.2 Å². The molecule has 0 saturated carbocycles. The van der Waals surface area contributed by atoms with Crippen molar-refractivity contribution in [1.82, 2.24) is 20.0 Å². The number of piperazine rings is 2. The quantitative estimate of drug-likeness (QED) is 0.588. The molecule has 2 aliphatic heterocycles. The topological polar surface area (TPSA) is 82.2 Å². The molecule has 0 unspecified atom stereocenters. The van der Waals surface area contributed by atoms with Gasteiger partial charge >= 0.3 is 6.09 Å². The minimum absolute atomic E-state index is 0.0176. The molecule has 0 aromatic heterocycles. The lowest BCUT2D eigenvalue weighted by Crippen LogP contribution is -2.52. The molecule has 2 fully saturated rings. The van der Waals surface area contributed by atoms with Gasteiger partial charge in [0.25, 0.3) is 0 Å². The van der Waals surface area contributed by atoms with Crippen molar-refractivity contribution in [3.05, 3.63) is 70.8 Å². The van der Waals surface area contributed by atoms with Crippen LogP contribution in [0.15, 0.2) is 36.4 Å². The summed E-state index contributed by atoms with van der Waals surface area (Å²) >= 11 is 0. The number of amides is 3. The third-order valence-corrected chi connectivity index (χ3v) is 5.87. The molecule has 2 heterocycles. The van der Waals surface area contributed by atoms with Crippen molar-refractivity contribution in [3.63, 3.8) is 0 Å². The molecule has 0 radical (unpaired) electrons. The average molecular weight is 553 g/mol. The summed E-state index contributed by atoms with van der Waals surface area (Å²) in [7, 11) is 0. The number of nitrogens with zero attached hydrogens (tertiary/aromatic N) is 3. The Bertz CT molecular complexity index is 1200. The summed E-state index contributed by atoms with van der Waals surface area (Å²) in [6.07, 6.45) is -0.529. The van der Waals surface area contributed by atoms with Gasteiger partial charge in [0.05, 0.1) is 6.54 Å². The van der Waals surface area contributed by atoms with E-state index in [1.807, 2.05) is 0 Å². The smallest absolute Gasteiger partial charge is 0.410 e. The molecule has 0 aliphatic carbocycles. The fraction of sp³-hybridized carbons (Fsp3) is 0.444. The lowest BCUT2D eigenvalue weighted by atomic mass is 10.2. The summed E-state index contributed by atoms with van der Waals surface area (Å²) < 4.78 is 57.0. The third kappa shape index (κ3) is 8.95. The van der Waals surface area contributed by atoms with Gasteiger partial charge in [0.15, 0.2) is 23.3 Å². The van der Waals surface area contributed by atoms with Crippen LogP contribution in [0.1, 0.15) is 31.9 Å². The molecule has 212 valence electrons. The van der Waals surface area contributed by atoms with E-state index in [4.69, 9.17) is 4.74 Å². The molecule has 0 spiro atoms. The van der Waals surface area contributed by atoms with Crippen molar-refractivity contribution in [2.24, 2.45) is 0 Å². The molecular formula is C27H32F4N4O4. The number of ether oxygens (including phenoxy) is 1. The molecule has 0 atom stereocenters. The first-order chi connectivity index (χ1) is 18.3. The van der Waals surface area contributed by atoms with Gasteiger partial charge in [-0.2, -0.15) is 0 Å². The summed E-state index contributed by atoms with van der Waals surface area (Å²) in [4.78, 5) is 40.0. The molecule has 2 aromatic rings. The molecule has 0 bridgehead atoms. The monoisotopic (exact) mass is 552 g/mol. The van der Waals surface area contributed by atoms with Crippen molar-refractivity contribution < 1.29 is 36.7 Å². The second-order valence-corrected chi connectivity index (χ2v) is 10.2. The largest absolute Gasteiger partial charge is 0.444 e. The predicted molar refractivity (Wildman–Crippen MR) is 134 cm³/mol. The normalized spacial score (nSPS) is 16.1. The van der Waals surface area contributed by atoms with Crippen LogP contribution in [0.3, 0.4) is 0 Å². The Morgan fingerprint density at radius 1 is 0.821 bits per heavy atom. The van der Waals surface area contributed by atoms with Crippen LogP contribution in [0.4, 0.5) is 22.4 Å². The predicted octanol–water partition coefficient (Wildman–Crippen LogP) is 3.44. The Morgan fingerprint density at radius 3 is 1.82 bits per heavy atom. The van der Waals surface area contributed by atoms with E-state index in [9.17, 15) is 31.9 Å². The Hall–Kier alpha value is -3.67. The zero-order valence-corrected chi connectivity index (χ0v) is 22.1. The maximum atomic E-state index is 13.2. The number of carbonyl (C=O) groups is 3. The number of hydrogen-bond acceptors (Lipinski definition) is 5. The summed E-state index contributed by atoms with van der Waals surface area (Å²) in [6, 6.07) is 7.25. The molecule has 2 aliphatic rings. The van der Waals surface area contributed by atoms with Gasteiger partial charge < -0.3 is 19.9 Å². The van der Waals surface area contributed by atoms with Crippen LogP contribution >= 0.6 is 0 Å². The fourth-order valence-electron chi connectivity index (χ4n) is 3.89. The summed E-state index contributed by atoms with van der Waals surface area (Å²) in [5.41, 5.74) is 0.486. The van der Waals surface area contributed by atoms with Crippen LogP contribution in [-0.4, -0.2) is 77.5 Å². The number of carbonyl (C=O) groups excluding carboxylic acids is 3. The average Bonchev–Trinajstić information content (AvgIpc) is 2.86. The second kappa shape index (κ2) is 12.9. The first-order valence-electron chi connectivity index (χ1n) is 12.4. The van der Waals surface area contributed by atoms with Crippen molar-refractivity contribution in [3.8, 4) is 0 Å². The van der Waals surface area contributed by atoms with Crippen molar-refractivity contribution in [1.29, 1.82) is 0 Å². The lowest BCUT2D eigenvalue weighted by Gasteiger charge is -2.35. The van der Waals surface area contributed by atoms with E-state index in [1.165, 1.54) is 21.9 Å². The minimum atomic E-state index is -0.942. The highest BCUT2D eigenvalue weighted by atomic mass is 19.2. The van der Waals surface area contributed by atoms with E-state index in [0.717, 1.165) is 30.8 Å². The molecule has 2 saturated heterocycles. The Kier molecular flexibility index (Phi) is 9.90. The van der Waals surface area contributed by atoms with E-state index in [2.05, 4.69) is 5.32 Å². The van der Waals surface area contributed by atoms with Gasteiger partial charge in [-0.3, -0.25) is 14.5 Å². The highest BCUT2D eigenvalue weighted by Gasteiger charge is 2.30. The molecule has 12 heteroatoms. The van der Waals surface area contributed by atoms with Crippen molar-refractivity contribution in [2.75, 3.05) is 39.3 Å². The molecule has 3 amide bonds. The Morgan fingerprint density at radius 2 is 1.36 bits per heavy atom. The standard InChI is InChI=1S/C16H20F2N2O3.C11H12F2N2O/c1-16(2,3)23-15(22)20-7-6-19(14(21)10-20)9-11-4-5-12(17)13(18)8-11;12-9-2-1-8(5-10(9)13)7-15-4-3-14-6-11(15)16/h4-5,8H,6-7,9-10H2,1-3H3;1-2,5,14H,3-4,6-7H2. The van der Waals surface area contributed by atoms with E-state index in [0.29, 0.717) is 43.9 Å². The zero-order chi connectivity index (χ0) is 28.7. The molecule has 1 N–H and O–H groups in total. The van der Waals surface area contributed by atoms with E-state index in [-0.39, 0.29) is 24.9 Å². The summed E-state index contributed by atoms with van der Waals surface area (Å²) in [6.45, 7) is 7.98. The number of hydrogen-bond donors (Lipinski definition) is 1. The highest BCUT2D eigenvalue weighted by molar-refractivity contribution is 5.83. The molecule has 4 rings (SSSR count). The van der Waals surface area contributed by atoms with Gasteiger partial charge in [0.2, 0.25) is 11.8 Å². The van der Waals surface area contributed by atoms with Crippen LogP contribution in [0.25, 0.3) is 0 Å². The van der Waals surface area contributed by atoms with Crippen LogP contribution in [0.5, 0.6) is 0 Å². The summed E-state index contributed by atoms with van der Waals surface area (Å²) in [5, 5.41) is 2.95. The number of nitrogens with one attached hydrogen (secondary N) is 1. The van der Waals surface area contributed by atoms with Gasteiger partial charge in [0, 0.05) is 39.3 Å². The zero-order valence-electron chi connectivity index (χ0n) is 22.1. The van der Waals surface area contributed by atoms with E-state index >= 15 is 0 Å². The lowest BCUT2D eigenvalue weighted by molar-refractivity contribution is -0.136. The van der Waals surface area contributed by atoms with Gasteiger partial charge in [-0.1, -0.05) is 12.1 Å². The maximum absolute atomic E-state index is 13.2. The number of benzene rings is 2. The molecular weight excluding hydrogens is 520 g/mol. The summed E-state index contributed by atoms with van der Waals surface area (Å²) in [5.74, 6) is -3.88. The minimum Gasteiger partial charge on any atom is -0.444 e. The first kappa shape index (κ1) is 29.9. The fourth-order valence-corrected chi connectivity index (χ4v) is 3.89. The van der Waals surface area contributed by atoms with Crippen LogP contribution < -0.4 is 5.32 Å². The third-order valence-electron chi connectivity index (χ3n) is 5.87. The van der Waals surface area contributed by atoms with Gasteiger partial charge in [-0.15, -0.1) is 0 Å².